The Kier molecular flexibility index (Phi) is 3.80. The molecule has 0 fully saturated rings. The maximum atomic E-state index is 3.52. The predicted molar refractivity (Wildman–Crippen MR) is 69.9 cm³/mol. The van der Waals surface area contributed by atoms with E-state index in [1.807, 2.05) is 23.6 Å². The monoisotopic (exact) mass is 234 g/mol. The van der Waals surface area contributed by atoms with E-state index in [-0.39, 0.29) is 0 Å². The van der Waals surface area contributed by atoms with Gasteiger partial charge in [0.1, 0.15) is 0 Å². The number of rotatable bonds is 5. The summed E-state index contributed by atoms with van der Waals surface area (Å²) in [6, 6.07) is 9.07. The molecule has 2 aromatic heterocycles. The van der Waals surface area contributed by atoms with Gasteiger partial charge < -0.3 is 10.3 Å². The second-order valence-electron chi connectivity index (χ2n) is 4.19. The summed E-state index contributed by atoms with van der Waals surface area (Å²) in [5.74, 6) is 0. The van der Waals surface area contributed by atoms with Crippen LogP contribution < -0.4 is 5.32 Å². The second kappa shape index (κ2) is 5.32. The molecule has 0 spiro atoms. The highest BCUT2D eigenvalue weighted by molar-refractivity contribution is 7.11. The predicted octanol–water partition coefficient (Wildman–Crippen LogP) is 3.11. The molecular formula is C13H18N2S. The van der Waals surface area contributed by atoms with Gasteiger partial charge in [-0.05, 0) is 44.5 Å². The van der Waals surface area contributed by atoms with E-state index in [2.05, 4.69) is 42.3 Å². The summed E-state index contributed by atoms with van der Waals surface area (Å²) < 4.78 is 0. The molecular weight excluding hydrogens is 216 g/mol. The van der Waals surface area contributed by atoms with Crippen molar-refractivity contribution < 1.29 is 0 Å². The van der Waals surface area contributed by atoms with Gasteiger partial charge in [0.05, 0.1) is 0 Å². The minimum atomic E-state index is 0.515. The summed E-state index contributed by atoms with van der Waals surface area (Å²) in [5, 5.41) is 3.52. The van der Waals surface area contributed by atoms with E-state index in [9.17, 15) is 0 Å². The molecule has 0 aliphatic rings. The van der Waals surface area contributed by atoms with Crippen LogP contribution in [0, 0.1) is 6.92 Å². The first kappa shape index (κ1) is 11.4. The summed E-state index contributed by atoms with van der Waals surface area (Å²) in [5.41, 5.74) is 1.24. The molecule has 0 amide bonds. The van der Waals surface area contributed by atoms with Gasteiger partial charge in [0.2, 0.25) is 0 Å². The Balaban J connectivity index is 1.78. The van der Waals surface area contributed by atoms with Gasteiger partial charge in [0.15, 0.2) is 0 Å². The van der Waals surface area contributed by atoms with Crippen molar-refractivity contribution in [2.45, 2.75) is 32.9 Å². The van der Waals surface area contributed by atoms with E-state index in [0.29, 0.717) is 6.04 Å². The van der Waals surface area contributed by atoms with Gasteiger partial charge in [-0.25, -0.2) is 0 Å². The lowest BCUT2D eigenvalue weighted by molar-refractivity contribution is 0.544. The zero-order valence-electron chi connectivity index (χ0n) is 9.79. The van der Waals surface area contributed by atoms with Crippen molar-refractivity contribution in [2.75, 3.05) is 0 Å². The molecule has 3 heteroatoms. The van der Waals surface area contributed by atoms with E-state index in [4.69, 9.17) is 0 Å². The molecule has 2 heterocycles. The molecule has 86 valence electrons. The third-order valence-corrected chi connectivity index (χ3v) is 3.63. The third-order valence-electron chi connectivity index (χ3n) is 2.61. The number of thiophene rings is 1. The number of nitrogens with one attached hydrogen (secondary N) is 2. The molecule has 2 nitrogen and oxygen atoms in total. The Bertz CT molecular complexity index is 417. The normalized spacial score (nSPS) is 12.9. The topological polar surface area (TPSA) is 27.8 Å². The fourth-order valence-corrected chi connectivity index (χ4v) is 2.75. The van der Waals surface area contributed by atoms with Gasteiger partial charge in [0, 0.05) is 34.2 Å². The molecule has 2 N–H and O–H groups in total. The molecule has 0 aromatic carbocycles. The fraction of sp³-hybridized carbons (Fsp3) is 0.385. The Labute approximate surface area is 101 Å². The zero-order chi connectivity index (χ0) is 11.4. The first-order chi connectivity index (χ1) is 7.74. The third kappa shape index (κ3) is 3.22. The highest BCUT2D eigenvalue weighted by Crippen LogP contribution is 2.16. The SMILES string of the molecule is Cc1ccc(CC(C)NCc2ccc[nH]2)s1. The molecule has 0 aliphatic carbocycles. The van der Waals surface area contributed by atoms with E-state index in [1.54, 1.807) is 0 Å². The maximum Gasteiger partial charge on any atom is 0.0359 e. The van der Waals surface area contributed by atoms with E-state index in [0.717, 1.165) is 13.0 Å². The summed E-state index contributed by atoms with van der Waals surface area (Å²) in [6.07, 6.45) is 3.07. The molecule has 0 saturated carbocycles. The molecule has 2 aromatic rings. The first-order valence-electron chi connectivity index (χ1n) is 5.65. The van der Waals surface area contributed by atoms with Gasteiger partial charge in [-0.3, -0.25) is 0 Å². The quantitative estimate of drug-likeness (QED) is 0.817. The largest absolute Gasteiger partial charge is 0.364 e. The van der Waals surface area contributed by atoms with Crippen LogP contribution in [0.15, 0.2) is 30.5 Å². The Morgan fingerprint density at radius 2 is 2.25 bits per heavy atom. The van der Waals surface area contributed by atoms with Gasteiger partial charge in [-0.2, -0.15) is 0 Å². The van der Waals surface area contributed by atoms with E-state index < -0.39 is 0 Å². The average molecular weight is 234 g/mol. The Morgan fingerprint density at radius 1 is 1.38 bits per heavy atom. The second-order valence-corrected chi connectivity index (χ2v) is 5.57. The smallest absolute Gasteiger partial charge is 0.0359 e. The molecule has 0 saturated heterocycles. The van der Waals surface area contributed by atoms with Crippen molar-refractivity contribution in [1.29, 1.82) is 0 Å². The molecule has 1 atom stereocenters. The summed E-state index contributed by atoms with van der Waals surface area (Å²) in [6.45, 7) is 5.31. The number of hydrogen-bond donors (Lipinski definition) is 2. The minimum absolute atomic E-state index is 0.515. The van der Waals surface area contributed by atoms with Crippen molar-refractivity contribution in [1.82, 2.24) is 10.3 Å². The van der Waals surface area contributed by atoms with Gasteiger partial charge in [-0.15, -0.1) is 11.3 Å². The minimum Gasteiger partial charge on any atom is -0.364 e. The number of aromatic amines is 1. The van der Waals surface area contributed by atoms with Crippen molar-refractivity contribution in [3.05, 3.63) is 45.9 Å². The average Bonchev–Trinajstić information content (AvgIpc) is 2.87. The van der Waals surface area contributed by atoms with Crippen molar-refractivity contribution in [3.8, 4) is 0 Å². The van der Waals surface area contributed by atoms with Gasteiger partial charge in [0.25, 0.3) is 0 Å². The van der Waals surface area contributed by atoms with Crippen LogP contribution >= 0.6 is 11.3 Å². The molecule has 0 bridgehead atoms. The van der Waals surface area contributed by atoms with Crippen LogP contribution in [-0.4, -0.2) is 11.0 Å². The van der Waals surface area contributed by atoms with Gasteiger partial charge >= 0.3 is 0 Å². The Hall–Kier alpha value is -1.06. The lowest BCUT2D eigenvalue weighted by Gasteiger charge is -2.11. The highest BCUT2D eigenvalue weighted by Gasteiger charge is 2.05. The summed E-state index contributed by atoms with van der Waals surface area (Å²) in [7, 11) is 0. The Morgan fingerprint density at radius 3 is 2.88 bits per heavy atom. The lowest BCUT2D eigenvalue weighted by atomic mass is 10.2. The molecule has 0 aliphatic heterocycles. The number of H-pyrrole nitrogens is 1. The van der Waals surface area contributed by atoms with Crippen molar-refractivity contribution in [3.63, 3.8) is 0 Å². The van der Waals surface area contributed by atoms with Crippen LogP contribution in [0.1, 0.15) is 22.4 Å². The van der Waals surface area contributed by atoms with Crippen LogP contribution in [0.3, 0.4) is 0 Å². The molecule has 16 heavy (non-hydrogen) atoms. The molecule has 2 rings (SSSR count). The zero-order valence-corrected chi connectivity index (χ0v) is 10.6. The number of aromatic nitrogens is 1. The maximum absolute atomic E-state index is 3.52. The highest BCUT2D eigenvalue weighted by atomic mass is 32.1. The fourth-order valence-electron chi connectivity index (χ4n) is 1.73. The number of aryl methyl sites for hydroxylation is 1. The van der Waals surface area contributed by atoms with E-state index in [1.165, 1.54) is 15.4 Å². The standard InChI is InChI=1S/C13H18N2S/c1-10(8-13-6-5-11(2)16-13)15-9-12-4-3-7-14-12/h3-7,10,14-15H,8-9H2,1-2H3. The van der Waals surface area contributed by atoms with E-state index >= 15 is 0 Å². The molecule has 1 unspecified atom stereocenters. The van der Waals surface area contributed by atoms with Crippen molar-refractivity contribution >= 4 is 11.3 Å². The van der Waals surface area contributed by atoms with Crippen LogP contribution in [0.2, 0.25) is 0 Å². The van der Waals surface area contributed by atoms with Crippen molar-refractivity contribution in [2.24, 2.45) is 0 Å². The van der Waals surface area contributed by atoms with Crippen LogP contribution in [-0.2, 0) is 13.0 Å². The summed E-state index contributed by atoms with van der Waals surface area (Å²) >= 11 is 1.89. The van der Waals surface area contributed by atoms with Crippen LogP contribution in [0.25, 0.3) is 0 Å². The number of hydrogen-bond acceptors (Lipinski definition) is 2. The molecule has 0 radical (unpaired) electrons. The lowest BCUT2D eigenvalue weighted by Crippen LogP contribution is -2.27. The van der Waals surface area contributed by atoms with Gasteiger partial charge in [-0.1, -0.05) is 0 Å². The first-order valence-corrected chi connectivity index (χ1v) is 6.46. The summed E-state index contributed by atoms with van der Waals surface area (Å²) in [4.78, 5) is 6.06. The van der Waals surface area contributed by atoms with Crippen LogP contribution in [0.5, 0.6) is 0 Å². The van der Waals surface area contributed by atoms with Crippen LogP contribution in [0.4, 0.5) is 0 Å².